The number of carbonyl (C=O) groups excluding carboxylic acids is 1. The molecule has 2 aromatic rings. The number of aryl methyl sites for hydroxylation is 1. The van der Waals surface area contributed by atoms with Gasteiger partial charge < -0.3 is 5.73 Å². The molecular weight excluding hydrogens is 328 g/mol. The molecule has 1 aromatic heterocycles. The number of benzene rings is 1. The Labute approximate surface area is 150 Å². The summed E-state index contributed by atoms with van der Waals surface area (Å²) in [6.45, 7) is 1.98. The summed E-state index contributed by atoms with van der Waals surface area (Å²) in [5.41, 5.74) is 10.2. The van der Waals surface area contributed by atoms with Crippen LogP contribution in [0.1, 0.15) is 36.3 Å². The quantitative estimate of drug-likeness (QED) is 0.864. The Balaban J connectivity index is 2.00. The predicted molar refractivity (Wildman–Crippen MR) is 95.5 cm³/mol. The van der Waals surface area contributed by atoms with E-state index in [1.807, 2.05) is 31.2 Å². The van der Waals surface area contributed by atoms with Gasteiger partial charge in [-0.15, -0.1) is 0 Å². The lowest BCUT2D eigenvalue weighted by atomic mass is 9.74. The van der Waals surface area contributed by atoms with Crippen LogP contribution in [0.4, 0.5) is 5.95 Å². The largest absolute Gasteiger partial charge is 0.384 e. The summed E-state index contributed by atoms with van der Waals surface area (Å²) in [5, 5.41) is 16.6. The molecule has 1 aliphatic heterocycles. The molecule has 7 nitrogen and oxygen atoms in total. The number of nitrogens with zero attached hydrogens (tertiary/aromatic N) is 4. The van der Waals surface area contributed by atoms with Gasteiger partial charge in [-0.1, -0.05) is 24.3 Å². The highest BCUT2D eigenvalue weighted by Gasteiger charge is 2.41. The first-order valence-corrected chi connectivity index (χ1v) is 8.50. The Morgan fingerprint density at radius 2 is 2.15 bits per heavy atom. The standard InChI is InChI=1S/C19H18N6O/c1-11-5-2-3-6-12(11)16-13(9-20)18(21)25(19-22-10-23-24-19)14-7-4-8-15(26)17(14)16/h2-3,5-6,10,16H,4,7-8,21H2,1H3,(H,22,23,24). The van der Waals surface area contributed by atoms with E-state index in [0.717, 1.165) is 23.2 Å². The van der Waals surface area contributed by atoms with Crippen molar-refractivity contribution in [3.05, 3.63) is 64.4 Å². The van der Waals surface area contributed by atoms with Gasteiger partial charge in [0, 0.05) is 17.7 Å². The first-order valence-electron chi connectivity index (χ1n) is 8.50. The average molecular weight is 346 g/mol. The zero-order chi connectivity index (χ0) is 18.3. The molecule has 0 fully saturated rings. The highest BCUT2D eigenvalue weighted by Crippen LogP contribution is 2.46. The highest BCUT2D eigenvalue weighted by atomic mass is 16.1. The molecule has 1 atom stereocenters. The first-order chi connectivity index (χ1) is 12.6. The fourth-order valence-electron chi connectivity index (χ4n) is 3.86. The number of hydrogen-bond donors (Lipinski definition) is 2. The van der Waals surface area contributed by atoms with E-state index in [1.54, 1.807) is 4.90 Å². The smallest absolute Gasteiger partial charge is 0.231 e. The third-order valence-electron chi connectivity index (χ3n) is 5.03. The maximum Gasteiger partial charge on any atom is 0.231 e. The van der Waals surface area contributed by atoms with Gasteiger partial charge >= 0.3 is 0 Å². The van der Waals surface area contributed by atoms with Crippen LogP contribution in [0.5, 0.6) is 0 Å². The molecule has 0 saturated heterocycles. The minimum absolute atomic E-state index is 0.0595. The molecule has 1 unspecified atom stereocenters. The molecule has 0 spiro atoms. The van der Waals surface area contributed by atoms with Crippen molar-refractivity contribution in [2.45, 2.75) is 32.1 Å². The molecule has 1 aliphatic carbocycles. The topological polar surface area (TPSA) is 112 Å². The molecule has 4 rings (SSSR count). The number of H-pyrrole nitrogens is 1. The van der Waals surface area contributed by atoms with Crippen LogP contribution in [0.25, 0.3) is 0 Å². The number of hydrogen-bond acceptors (Lipinski definition) is 6. The molecule has 26 heavy (non-hydrogen) atoms. The Morgan fingerprint density at radius 1 is 1.35 bits per heavy atom. The van der Waals surface area contributed by atoms with Gasteiger partial charge in [0.2, 0.25) is 5.95 Å². The number of Topliss-reactive ketones (excluding diaryl/α,β-unsaturated/α-hetero) is 1. The third-order valence-corrected chi connectivity index (χ3v) is 5.03. The van der Waals surface area contributed by atoms with Gasteiger partial charge in [-0.3, -0.25) is 9.69 Å². The summed E-state index contributed by atoms with van der Waals surface area (Å²) in [5.74, 6) is 0.332. The zero-order valence-electron chi connectivity index (χ0n) is 14.4. The first kappa shape index (κ1) is 16.1. The van der Waals surface area contributed by atoms with E-state index in [2.05, 4.69) is 21.3 Å². The van der Waals surface area contributed by atoms with E-state index in [9.17, 15) is 10.1 Å². The van der Waals surface area contributed by atoms with Gasteiger partial charge in [0.15, 0.2) is 5.78 Å². The van der Waals surface area contributed by atoms with Crippen LogP contribution in [-0.4, -0.2) is 21.0 Å². The van der Waals surface area contributed by atoms with E-state index in [1.165, 1.54) is 6.33 Å². The molecule has 1 aromatic carbocycles. The van der Waals surface area contributed by atoms with Gasteiger partial charge in [-0.05, 0) is 30.9 Å². The number of aromatic amines is 1. The van der Waals surface area contributed by atoms with Crippen molar-refractivity contribution in [2.75, 3.05) is 4.90 Å². The maximum atomic E-state index is 12.9. The zero-order valence-corrected chi connectivity index (χ0v) is 14.4. The summed E-state index contributed by atoms with van der Waals surface area (Å²) in [6.07, 6.45) is 3.30. The van der Waals surface area contributed by atoms with Crippen LogP contribution in [0.2, 0.25) is 0 Å². The van der Waals surface area contributed by atoms with Crippen LogP contribution in [0.15, 0.2) is 53.3 Å². The van der Waals surface area contributed by atoms with Crippen molar-refractivity contribution in [1.82, 2.24) is 15.2 Å². The van der Waals surface area contributed by atoms with Gasteiger partial charge in [0.05, 0.1) is 17.6 Å². The lowest BCUT2D eigenvalue weighted by molar-refractivity contribution is -0.116. The van der Waals surface area contributed by atoms with Gasteiger partial charge in [-0.2, -0.15) is 15.3 Å². The minimum atomic E-state index is -0.442. The number of nitriles is 1. The SMILES string of the molecule is Cc1ccccc1C1C(C#N)=C(N)N(c2ncn[nH]2)C2=C1C(=O)CCC2. The maximum absolute atomic E-state index is 12.9. The highest BCUT2D eigenvalue weighted by molar-refractivity contribution is 6.01. The Kier molecular flexibility index (Phi) is 3.81. The van der Waals surface area contributed by atoms with E-state index in [4.69, 9.17) is 5.73 Å². The number of anilines is 1. The van der Waals surface area contributed by atoms with Crippen molar-refractivity contribution in [2.24, 2.45) is 5.73 Å². The summed E-state index contributed by atoms with van der Waals surface area (Å²) < 4.78 is 0. The molecule has 0 radical (unpaired) electrons. The fourth-order valence-corrected chi connectivity index (χ4v) is 3.86. The average Bonchev–Trinajstić information content (AvgIpc) is 3.15. The molecule has 2 aliphatic rings. The molecule has 7 heteroatoms. The number of carbonyl (C=O) groups is 1. The van der Waals surface area contributed by atoms with Crippen LogP contribution in [0, 0.1) is 18.3 Å². The van der Waals surface area contributed by atoms with E-state index >= 15 is 0 Å². The van der Waals surface area contributed by atoms with E-state index < -0.39 is 5.92 Å². The lowest BCUT2D eigenvalue weighted by Crippen LogP contribution is -2.39. The number of nitrogens with one attached hydrogen (secondary N) is 1. The van der Waals surface area contributed by atoms with Gasteiger partial charge in [-0.25, -0.2) is 5.10 Å². The second kappa shape index (κ2) is 6.15. The monoisotopic (exact) mass is 346 g/mol. The molecule has 3 N–H and O–H groups in total. The predicted octanol–water partition coefficient (Wildman–Crippen LogP) is 2.42. The number of ketones is 1. The lowest BCUT2D eigenvalue weighted by Gasteiger charge is -2.38. The van der Waals surface area contributed by atoms with Crippen LogP contribution < -0.4 is 10.6 Å². The number of aromatic nitrogens is 3. The number of nitrogens with two attached hydrogens (primary N) is 1. The summed E-state index contributed by atoms with van der Waals surface area (Å²) in [4.78, 5) is 18.8. The van der Waals surface area contributed by atoms with Crippen molar-refractivity contribution < 1.29 is 4.79 Å². The summed E-state index contributed by atoms with van der Waals surface area (Å²) >= 11 is 0. The second-order valence-electron chi connectivity index (χ2n) is 6.48. The number of allylic oxidation sites excluding steroid dienone is 3. The molecule has 130 valence electrons. The molecule has 0 amide bonds. The molecule has 0 saturated carbocycles. The normalized spacial score (nSPS) is 20.2. The minimum Gasteiger partial charge on any atom is -0.384 e. The van der Waals surface area contributed by atoms with Crippen LogP contribution in [0.3, 0.4) is 0 Å². The van der Waals surface area contributed by atoms with Crippen molar-refractivity contribution >= 4 is 11.7 Å². The van der Waals surface area contributed by atoms with Gasteiger partial charge in [0.1, 0.15) is 12.1 Å². The summed E-state index contributed by atoms with van der Waals surface area (Å²) in [6, 6.07) is 10.0. The van der Waals surface area contributed by atoms with Crippen LogP contribution in [-0.2, 0) is 4.79 Å². The van der Waals surface area contributed by atoms with Gasteiger partial charge in [0.25, 0.3) is 0 Å². The second-order valence-corrected chi connectivity index (χ2v) is 6.48. The van der Waals surface area contributed by atoms with Crippen LogP contribution >= 0.6 is 0 Å². The van der Waals surface area contributed by atoms with Crippen molar-refractivity contribution in [1.29, 1.82) is 5.26 Å². The van der Waals surface area contributed by atoms with E-state index in [0.29, 0.717) is 35.8 Å². The summed E-state index contributed by atoms with van der Waals surface area (Å²) in [7, 11) is 0. The molecule has 0 bridgehead atoms. The number of rotatable bonds is 2. The molecule has 2 heterocycles. The van der Waals surface area contributed by atoms with E-state index in [-0.39, 0.29) is 5.78 Å². The Bertz CT molecular complexity index is 980. The fraction of sp³-hybridized carbons (Fsp3) is 0.263. The van der Waals surface area contributed by atoms with Crippen molar-refractivity contribution in [3.8, 4) is 6.07 Å². The van der Waals surface area contributed by atoms with Crippen molar-refractivity contribution in [3.63, 3.8) is 0 Å². The Morgan fingerprint density at radius 3 is 2.85 bits per heavy atom. The molecular formula is C19H18N6O. The third kappa shape index (κ3) is 2.30. The Hall–Kier alpha value is -3.40.